The van der Waals surface area contributed by atoms with Gasteiger partial charge in [-0.15, -0.1) is 0 Å². The Bertz CT molecular complexity index is 895. The SMILES string of the molecule is CC(C)(CNC(=O)C1CC(=O)N(c2ccc3c(c2)OCO3)C1)c1ccccc1. The Kier molecular flexibility index (Phi) is 4.71. The number of hydrogen-bond acceptors (Lipinski definition) is 4. The van der Waals surface area contributed by atoms with Gasteiger partial charge in [0.2, 0.25) is 18.6 Å². The molecule has 6 nitrogen and oxygen atoms in total. The number of ether oxygens (including phenoxy) is 2. The van der Waals surface area contributed by atoms with Crippen molar-refractivity contribution in [2.45, 2.75) is 25.7 Å². The maximum Gasteiger partial charge on any atom is 0.231 e. The van der Waals surface area contributed by atoms with Crippen molar-refractivity contribution < 1.29 is 19.1 Å². The first-order chi connectivity index (χ1) is 13.4. The second kappa shape index (κ2) is 7.19. The zero-order valence-corrected chi connectivity index (χ0v) is 16.1. The van der Waals surface area contributed by atoms with Gasteiger partial charge in [0.1, 0.15) is 0 Å². The average molecular weight is 380 g/mol. The Morgan fingerprint density at radius 1 is 1.14 bits per heavy atom. The van der Waals surface area contributed by atoms with E-state index < -0.39 is 0 Å². The summed E-state index contributed by atoms with van der Waals surface area (Å²) in [5.74, 6) is 0.807. The molecule has 1 saturated heterocycles. The minimum Gasteiger partial charge on any atom is -0.454 e. The minimum atomic E-state index is -0.357. The van der Waals surface area contributed by atoms with Gasteiger partial charge in [-0.1, -0.05) is 44.2 Å². The van der Waals surface area contributed by atoms with E-state index in [-0.39, 0.29) is 36.4 Å². The summed E-state index contributed by atoms with van der Waals surface area (Å²) in [7, 11) is 0. The van der Waals surface area contributed by atoms with Gasteiger partial charge in [-0.25, -0.2) is 0 Å². The highest BCUT2D eigenvalue weighted by atomic mass is 16.7. The first kappa shape index (κ1) is 18.3. The van der Waals surface area contributed by atoms with Crippen molar-refractivity contribution in [1.29, 1.82) is 0 Å². The van der Waals surface area contributed by atoms with Crippen LogP contribution in [0.25, 0.3) is 0 Å². The standard InChI is InChI=1S/C22H24N2O4/c1-22(2,16-6-4-3-5-7-16)13-23-21(26)15-10-20(25)24(12-15)17-8-9-18-19(11-17)28-14-27-18/h3-9,11,15H,10,12-14H2,1-2H3,(H,23,26). The van der Waals surface area contributed by atoms with Crippen LogP contribution in [0.4, 0.5) is 5.69 Å². The van der Waals surface area contributed by atoms with Gasteiger partial charge in [0.05, 0.1) is 5.92 Å². The number of carbonyl (C=O) groups excluding carboxylic acids is 2. The van der Waals surface area contributed by atoms with E-state index in [1.165, 1.54) is 5.56 Å². The zero-order chi connectivity index (χ0) is 19.7. The molecule has 1 atom stereocenters. The van der Waals surface area contributed by atoms with Crippen LogP contribution in [0.3, 0.4) is 0 Å². The highest BCUT2D eigenvalue weighted by molar-refractivity contribution is 6.00. The van der Waals surface area contributed by atoms with Crippen LogP contribution in [0.2, 0.25) is 0 Å². The predicted octanol–water partition coefficient (Wildman–Crippen LogP) is 2.86. The van der Waals surface area contributed by atoms with Crippen LogP contribution in [0.15, 0.2) is 48.5 Å². The quantitative estimate of drug-likeness (QED) is 0.866. The highest BCUT2D eigenvalue weighted by Crippen LogP contribution is 2.37. The summed E-state index contributed by atoms with van der Waals surface area (Å²) in [6, 6.07) is 15.5. The second-order valence-corrected chi connectivity index (χ2v) is 7.91. The van der Waals surface area contributed by atoms with E-state index in [1.54, 1.807) is 17.0 Å². The molecule has 0 aromatic heterocycles. The van der Waals surface area contributed by atoms with E-state index in [4.69, 9.17) is 9.47 Å². The van der Waals surface area contributed by atoms with E-state index in [9.17, 15) is 9.59 Å². The van der Waals surface area contributed by atoms with Crippen LogP contribution in [-0.2, 0) is 15.0 Å². The second-order valence-electron chi connectivity index (χ2n) is 7.91. The van der Waals surface area contributed by atoms with Crippen molar-refractivity contribution >= 4 is 17.5 Å². The number of rotatable bonds is 5. The van der Waals surface area contributed by atoms with Crippen molar-refractivity contribution in [2.24, 2.45) is 5.92 Å². The monoisotopic (exact) mass is 380 g/mol. The average Bonchev–Trinajstić information content (AvgIpc) is 3.32. The summed E-state index contributed by atoms with van der Waals surface area (Å²) < 4.78 is 10.7. The molecule has 0 spiro atoms. The summed E-state index contributed by atoms with van der Waals surface area (Å²) in [6.45, 7) is 5.28. The molecule has 0 radical (unpaired) electrons. The topological polar surface area (TPSA) is 67.9 Å². The van der Waals surface area contributed by atoms with Gasteiger partial charge in [0.25, 0.3) is 0 Å². The van der Waals surface area contributed by atoms with Crippen LogP contribution < -0.4 is 19.7 Å². The normalized spacial score (nSPS) is 18.4. The molecule has 1 unspecified atom stereocenters. The number of fused-ring (bicyclic) bond motifs is 1. The summed E-state index contributed by atoms with van der Waals surface area (Å²) in [5, 5.41) is 3.04. The number of carbonyl (C=O) groups is 2. The molecule has 1 N–H and O–H groups in total. The third kappa shape index (κ3) is 3.54. The molecule has 0 bridgehead atoms. The van der Waals surface area contributed by atoms with Gasteiger partial charge in [-0.05, 0) is 17.7 Å². The molecule has 2 amide bonds. The fourth-order valence-electron chi connectivity index (χ4n) is 3.63. The van der Waals surface area contributed by atoms with E-state index in [2.05, 4.69) is 31.3 Å². The van der Waals surface area contributed by atoms with Crippen molar-refractivity contribution in [1.82, 2.24) is 5.32 Å². The molecular weight excluding hydrogens is 356 g/mol. The van der Waals surface area contributed by atoms with Gasteiger partial charge >= 0.3 is 0 Å². The van der Waals surface area contributed by atoms with Crippen LogP contribution in [0, 0.1) is 5.92 Å². The molecule has 6 heteroatoms. The predicted molar refractivity (Wildman–Crippen MR) is 106 cm³/mol. The Hall–Kier alpha value is -3.02. The maximum absolute atomic E-state index is 12.7. The van der Waals surface area contributed by atoms with E-state index in [1.807, 2.05) is 24.3 Å². The lowest BCUT2D eigenvalue weighted by atomic mass is 9.84. The summed E-state index contributed by atoms with van der Waals surface area (Å²) in [6.07, 6.45) is 0.214. The number of hydrogen-bond donors (Lipinski definition) is 1. The molecule has 2 aromatic rings. The summed E-state index contributed by atoms with van der Waals surface area (Å²) in [5.41, 5.74) is 1.71. The van der Waals surface area contributed by atoms with Crippen molar-refractivity contribution in [3.8, 4) is 11.5 Å². The first-order valence-electron chi connectivity index (χ1n) is 9.47. The molecule has 0 saturated carbocycles. The fraction of sp³-hybridized carbons (Fsp3) is 0.364. The zero-order valence-electron chi connectivity index (χ0n) is 16.1. The minimum absolute atomic E-state index is 0.0543. The number of amides is 2. The molecule has 1 fully saturated rings. The Morgan fingerprint density at radius 2 is 1.89 bits per heavy atom. The van der Waals surface area contributed by atoms with Crippen LogP contribution in [-0.4, -0.2) is 31.7 Å². The number of nitrogens with zero attached hydrogens (tertiary/aromatic N) is 1. The largest absolute Gasteiger partial charge is 0.454 e. The molecule has 2 aromatic carbocycles. The Labute approximate surface area is 164 Å². The van der Waals surface area contributed by atoms with Gasteiger partial charge in [0, 0.05) is 36.7 Å². The highest BCUT2D eigenvalue weighted by Gasteiger charge is 2.36. The molecule has 2 aliphatic heterocycles. The van der Waals surface area contributed by atoms with E-state index >= 15 is 0 Å². The van der Waals surface area contributed by atoms with Gasteiger partial charge in [0.15, 0.2) is 11.5 Å². The molecular formula is C22H24N2O4. The van der Waals surface area contributed by atoms with Crippen LogP contribution in [0.1, 0.15) is 25.8 Å². The Morgan fingerprint density at radius 3 is 2.68 bits per heavy atom. The molecule has 0 aliphatic carbocycles. The third-order valence-corrected chi connectivity index (χ3v) is 5.42. The van der Waals surface area contributed by atoms with Crippen molar-refractivity contribution in [3.05, 3.63) is 54.1 Å². The lowest BCUT2D eigenvalue weighted by Crippen LogP contribution is -2.40. The maximum atomic E-state index is 12.7. The fourth-order valence-corrected chi connectivity index (χ4v) is 3.63. The van der Waals surface area contributed by atoms with E-state index in [0.717, 1.165) is 5.69 Å². The number of nitrogens with one attached hydrogen (secondary N) is 1. The number of benzene rings is 2. The molecule has 28 heavy (non-hydrogen) atoms. The van der Waals surface area contributed by atoms with Crippen molar-refractivity contribution in [2.75, 3.05) is 24.8 Å². The molecule has 2 heterocycles. The van der Waals surface area contributed by atoms with E-state index in [0.29, 0.717) is 24.6 Å². The third-order valence-electron chi connectivity index (χ3n) is 5.42. The molecule has 146 valence electrons. The number of anilines is 1. The van der Waals surface area contributed by atoms with Crippen molar-refractivity contribution in [3.63, 3.8) is 0 Å². The molecule has 2 aliphatic rings. The lowest BCUT2D eigenvalue weighted by molar-refractivity contribution is -0.126. The summed E-state index contributed by atoms with van der Waals surface area (Å²) in [4.78, 5) is 26.8. The smallest absolute Gasteiger partial charge is 0.231 e. The van der Waals surface area contributed by atoms with Gasteiger partial charge in [-0.3, -0.25) is 9.59 Å². The van der Waals surface area contributed by atoms with Gasteiger partial charge < -0.3 is 19.7 Å². The first-order valence-corrected chi connectivity index (χ1v) is 9.47. The van der Waals surface area contributed by atoms with Gasteiger partial charge in [-0.2, -0.15) is 0 Å². The molecule has 4 rings (SSSR count). The van der Waals surface area contributed by atoms with Crippen LogP contribution >= 0.6 is 0 Å². The lowest BCUT2D eigenvalue weighted by Gasteiger charge is -2.26. The summed E-state index contributed by atoms with van der Waals surface area (Å²) >= 11 is 0. The Balaban J connectivity index is 1.39. The van der Waals surface area contributed by atoms with Crippen LogP contribution in [0.5, 0.6) is 11.5 Å².